The summed E-state index contributed by atoms with van der Waals surface area (Å²) in [7, 11) is 0. The van der Waals surface area contributed by atoms with E-state index in [-0.39, 0.29) is 18.5 Å². The molecule has 0 saturated carbocycles. The zero-order valence-electron chi connectivity index (χ0n) is 19.8. The molecule has 36 heavy (non-hydrogen) atoms. The number of anilines is 2. The van der Waals surface area contributed by atoms with Crippen molar-refractivity contribution < 1.29 is 19.1 Å². The SMILES string of the molecule is O=C(C1CN2C(=O)N(Cc3ccc(Cl)cc3)c3cc(N4CCOCC4)cnc3C2=N1)N1CCOCC1. The van der Waals surface area contributed by atoms with Gasteiger partial charge in [0, 0.05) is 31.2 Å². The summed E-state index contributed by atoms with van der Waals surface area (Å²) < 4.78 is 10.9. The smallest absolute Gasteiger partial charge is 0.330 e. The molecule has 2 aromatic rings. The van der Waals surface area contributed by atoms with Crippen molar-refractivity contribution in [1.29, 1.82) is 0 Å². The average Bonchev–Trinajstić information content (AvgIpc) is 3.38. The monoisotopic (exact) mass is 510 g/mol. The summed E-state index contributed by atoms with van der Waals surface area (Å²) in [6.07, 6.45) is 1.82. The first kappa shape index (κ1) is 23.2. The molecule has 6 rings (SSSR count). The van der Waals surface area contributed by atoms with Gasteiger partial charge < -0.3 is 19.3 Å². The summed E-state index contributed by atoms with van der Waals surface area (Å²) in [5.41, 5.74) is 3.17. The fourth-order valence-electron chi connectivity index (χ4n) is 4.99. The van der Waals surface area contributed by atoms with Crippen molar-refractivity contribution in [1.82, 2.24) is 14.8 Å². The molecule has 0 radical (unpaired) electrons. The van der Waals surface area contributed by atoms with Gasteiger partial charge in [0.15, 0.2) is 5.84 Å². The standard InChI is InChI=1S/C25H27ClN6O4/c26-18-3-1-17(2-4-18)15-31-21-13-19(29-5-9-35-10-6-29)14-27-22(21)23-28-20(16-32(23)25(31)34)24(33)30-7-11-36-12-8-30/h1-4,13-14,20H,5-12,15-16H2. The van der Waals surface area contributed by atoms with E-state index in [9.17, 15) is 9.59 Å². The highest BCUT2D eigenvalue weighted by Gasteiger charge is 2.44. The topological polar surface area (TPSA) is 90.8 Å². The third kappa shape index (κ3) is 4.29. The van der Waals surface area contributed by atoms with Gasteiger partial charge in [-0.2, -0.15) is 0 Å². The summed E-state index contributed by atoms with van der Waals surface area (Å²) in [5, 5.41) is 0.638. The van der Waals surface area contributed by atoms with Crippen LogP contribution in [-0.4, -0.2) is 97.8 Å². The molecule has 2 saturated heterocycles. The number of hydrogen-bond acceptors (Lipinski definition) is 7. The van der Waals surface area contributed by atoms with E-state index in [4.69, 9.17) is 31.1 Å². The molecular weight excluding hydrogens is 484 g/mol. The van der Waals surface area contributed by atoms with Crippen molar-refractivity contribution >= 4 is 40.7 Å². The van der Waals surface area contributed by atoms with Crippen LogP contribution in [0.25, 0.3) is 0 Å². The molecule has 4 aliphatic rings. The van der Waals surface area contributed by atoms with Crippen LogP contribution in [0.2, 0.25) is 5.02 Å². The van der Waals surface area contributed by atoms with Crippen LogP contribution in [0.5, 0.6) is 0 Å². The summed E-state index contributed by atoms with van der Waals surface area (Å²) >= 11 is 6.08. The summed E-state index contributed by atoms with van der Waals surface area (Å²) in [5.74, 6) is 0.381. The number of aliphatic imine (C=N–C) groups is 1. The number of amidine groups is 1. The summed E-state index contributed by atoms with van der Waals surface area (Å²) in [6.45, 7) is 5.47. The van der Waals surface area contributed by atoms with Gasteiger partial charge in [-0.3, -0.25) is 19.6 Å². The molecule has 10 nitrogen and oxygen atoms in total. The zero-order chi connectivity index (χ0) is 24.6. The minimum absolute atomic E-state index is 0.0799. The van der Waals surface area contributed by atoms with Crippen molar-refractivity contribution in [2.24, 2.45) is 4.99 Å². The van der Waals surface area contributed by atoms with E-state index in [1.54, 1.807) is 14.7 Å². The Balaban J connectivity index is 1.36. The fourth-order valence-corrected chi connectivity index (χ4v) is 5.12. The molecule has 4 aliphatic heterocycles. The number of aromatic nitrogens is 1. The Bertz CT molecular complexity index is 1190. The Labute approximate surface area is 214 Å². The van der Waals surface area contributed by atoms with Crippen LogP contribution in [0.4, 0.5) is 16.2 Å². The van der Waals surface area contributed by atoms with Crippen LogP contribution in [0.1, 0.15) is 11.3 Å². The van der Waals surface area contributed by atoms with Gasteiger partial charge in [0.05, 0.1) is 57.1 Å². The van der Waals surface area contributed by atoms with Gasteiger partial charge in [-0.15, -0.1) is 0 Å². The molecule has 1 atom stereocenters. The first-order valence-corrected chi connectivity index (χ1v) is 12.6. The number of carbonyl (C=O) groups is 2. The predicted octanol–water partition coefficient (Wildman–Crippen LogP) is 2.00. The maximum Gasteiger partial charge on any atom is 0.330 e. The lowest BCUT2D eigenvalue weighted by atomic mass is 10.1. The number of nitrogens with zero attached hydrogens (tertiary/aromatic N) is 6. The van der Waals surface area contributed by atoms with Crippen LogP contribution >= 0.6 is 11.6 Å². The van der Waals surface area contributed by atoms with Crippen molar-refractivity contribution in [3.63, 3.8) is 0 Å². The maximum absolute atomic E-state index is 13.8. The van der Waals surface area contributed by atoms with Crippen molar-refractivity contribution in [3.05, 3.63) is 52.8 Å². The number of hydrogen-bond donors (Lipinski definition) is 0. The van der Waals surface area contributed by atoms with Crippen molar-refractivity contribution in [2.45, 2.75) is 12.6 Å². The molecule has 0 spiro atoms. The Morgan fingerprint density at radius 2 is 1.72 bits per heavy atom. The minimum atomic E-state index is -0.647. The molecule has 0 N–H and O–H groups in total. The Hall–Kier alpha value is -3.21. The number of morpholine rings is 2. The van der Waals surface area contributed by atoms with E-state index in [1.165, 1.54) is 0 Å². The number of carbonyl (C=O) groups excluding carboxylic acids is 2. The van der Waals surface area contributed by atoms with E-state index in [1.807, 2.05) is 36.5 Å². The molecule has 11 heteroatoms. The van der Waals surface area contributed by atoms with Crippen LogP contribution in [-0.2, 0) is 20.8 Å². The molecule has 5 heterocycles. The average molecular weight is 511 g/mol. The van der Waals surface area contributed by atoms with Crippen molar-refractivity contribution in [2.75, 3.05) is 69.0 Å². The lowest BCUT2D eigenvalue weighted by Gasteiger charge is -2.36. The lowest BCUT2D eigenvalue weighted by molar-refractivity contribution is -0.136. The number of fused-ring (bicyclic) bond motifs is 3. The highest BCUT2D eigenvalue weighted by atomic mass is 35.5. The van der Waals surface area contributed by atoms with E-state index >= 15 is 0 Å². The number of urea groups is 1. The van der Waals surface area contributed by atoms with Crippen LogP contribution in [0.3, 0.4) is 0 Å². The molecule has 0 aliphatic carbocycles. The molecule has 2 fully saturated rings. The molecule has 0 bridgehead atoms. The second-order valence-corrected chi connectivity index (χ2v) is 9.61. The molecule has 1 aromatic carbocycles. The first-order valence-electron chi connectivity index (χ1n) is 12.2. The van der Waals surface area contributed by atoms with E-state index < -0.39 is 6.04 Å². The summed E-state index contributed by atoms with van der Waals surface area (Å²) in [4.78, 5) is 43.8. The van der Waals surface area contributed by atoms with Gasteiger partial charge in [-0.1, -0.05) is 23.7 Å². The number of halogens is 1. The maximum atomic E-state index is 13.8. The van der Waals surface area contributed by atoms with Gasteiger partial charge in [0.1, 0.15) is 11.7 Å². The van der Waals surface area contributed by atoms with Crippen LogP contribution in [0, 0.1) is 0 Å². The molecule has 3 amide bonds. The lowest BCUT2D eigenvalue weighted by Crippen LogP contribution is -2.52. The third-order valence-corrected chi connectivity index (χ3v) is 7.20. The van der Waals surface area contributed by atoms with Crippen LogP contribution in [0.15, 0.2) is 41.5 Å². The highest BCUT2D eigenvalue weighted by molar-refractivity contribution is 6.30. The van der Waals surface area contributed by atoms with E-state index in [0.29, 0.717) is 68.3 Å². The number of amides is 3. The summed E-state index contributed by atoms with van der Waals surface area (Å²) in [6, 6.07) is 8.58. The molecule has 1 unspecified atom stereocenters. The van der Waals surface area contributed by atoms with Gasteiger partial charge in [0.25, 0.3) is 0 Å². The highest BCUT2D eigenvalue weighted by Crippen LogP contribution is 2.35. The Morgan fingerprint density at radius 1 is 1.03 bits per heavy atom. The number of rotatable bonds is 4. The van der Waals surface area contributed by atoms with Crippen LogP contribution < -0.4 is 9.80 Å². The Kier molecular flexibility index (Phi) is 6.24. The first-order chi connectivity index (χ1) is 17.6. The molecule has 1 aromatic heterocycles. The normalized spacial score (nSPS) is 21.9. The van der Waals surface area contributed by atoms with Crippen molar-refractivity contribution in [3.8, 4) is 0 Å². The number of pyridine rings is 1. The van der Waals surface area contributed by atoms with Gasteiger partial charge in [-0.05, 0) is 23.8 Å². The minimum Gasteiger partial charge on any atom is -0.378 e. The Morgan fingerprint density at radius 3 is 2.44 bits per heavy atom. The van der Waals surface area contributed by atoms with E-state index in [2.05, 4.69) is 4.90 Å². The third-order valence-electron chi connectivity index (χ3n) is 6.94. The zero-order valence-corrected chi connectivity index (χ0v) is 20.6. The molecular formula is C25H27ClN6O4. The van der Waals surface area contributed by atoms with Gasteiger partial charge in [-0.25, -0.2) is 9.78 Å². The number of benzene rings is 1. The van der Waals surface area contributed by atoms with E-state index in [0.717, 1.165) is 24.3 Å². The quantitative estimate of drug-likeness (QED) is 0.625. The fraction of sp³-hybridized carbons (Fsp3) is 0.440. The van der Waals surface area contributed by atoms with Gasteiger partial charge >= 0.3 is 6.03 Å². The number of ether oxygens (including phenoxy) is 2. The van der Waals surface area contributed by atoms with Gasteiger partial charge in [0.2, 0.25) is 5.91 Å². The largest absolute Gasteiger partial charge is 0.378 e. The predicted molar refractivity (Wildman–Crippen MR) is 135 cm³/mol. The second kappa shape index (κ2) is 9.68. The molecule has 188 valence electrons. The second-order valence-electron chi connectivity index (χ2n) is 9.17.